The molecule has 0 aromatic heterocycles. The molecule has 3 rings (SSSR count). The van der Waals surface area contributed by atoms with Crippen LogP contribution in [-0.4, -0.2) is 18.2 Å². The minimum atomic E-state index is -0.106. The molecule has 0 saturated carbocycles. The van der Waals surface area contributed by atoms with Gasteiger partial charge in [-0.25, -0.2) is 0 Å². The van der Waals surface area contributed by atoms with Crippen LogP contribution in [0, 0.1) is 0 Å². The van der Waals surface area contributed by atoms with Gasteiger partial charge in [0.25, 0.3) is 0 Å². The summed E-state index contributed by atoms with van der Waals surface area (Å²) in [6, 6.07) is 13.3. The van der Waals surface area contributed by atoms with Crippen LogP contribution in [0.15, 0.2) is 47.4 Å². The Morgan fingerprint density at radius 3 is 2.86 bits per heavy atom. The fourth-order valence-electron chi connectivity index (χ4n) is 2.46. The maximum absolute atomic E-state index is 12.7. The lowest BCUT2D eigenvalue weighted by molar-refractivity contribution is -0.117. The molecule has 0 bridgehead atoms. The Morgan fingerprint density at radius 1 is 1.33 bits per heavy atom. The van der Waals surface area contributed by atoms with Crippen molar-refractivity contribution in [3.63, 3.8) is 0 Å². The first kappa shape index (κ1) is 14.3. The highest BCUT2D eigenvalue weighted by molar-refractivity contribution is 8.01. The van der Waals surface area contributed by atoms with Gasteiger partial charge in [-0.2, -0.15) is 0 Å². The van der Waals surface area contributed by atoms with E-state index in [-0.39, 0.29) is 11.2 Å². The van der Waals surface area contributed by atoms with Crippen LogP contribution in [0.3, 0.4) is 0 Å². The zero-order chi connectivity index (χ0) is 15.0. The van der Waals surface area contributed by atoms with Gasteiger partial charge in [0.1, 0.15) is 0 Å². The van der Waals surface area contributed by atoms with Crippen LogP contribution in [0.5, 0.6) is 0 Å². The Hall–Kier alpha value is -1.65. The molecule has 1 aliphatic rings. The first-order chi connectivity index (χ1) is 10.1. The summed E-state index contributed by atoms with van der Waals surface area (Å²) in [6.07, 6.45) is 0.754. The summed E-state index contributed by atoms with van der Waals surface area (Å²) in [7, 11) is 1.74. The maximum atomic E-state index is 12.7. The standard InChI is InChI=1S/C16H15ClN2OS/c1-19(13-9-11(17)6-7-12(13)18)16(20)15-8-10-4-2-3-5-14(10)21-15/h2-7,9,15H,8,18H2,1H3. The van der Waals surface area contributed by atoms with E-state index < -0.39 is 0 Å². The van der Waals surface area contributed by atoms with Crippen molar-refractivity contribution in [2.45, 2.75) is 16.6 Å². The monoisotopic (exact) mass is 318 g/mol. The van der Waals surface area contributed by atoms with Crippen LogP contribution >= 0.6 is 23.4 Å². The van der Waals surface area contributed by atoms with Gasteiger partial charge in [0, 0.05) is 17.0 Å². The van der Waals surface area contributed by atoms with Gasteiger partial charge in [0.15, 0.2) is 0 Å². The lowest BCUT2D eigenvalue weighted by Gasteiger charge is -2.22. The summed E-state index contributed by atoms with van der Waals surface area (Å²) in [4.78, 5) is 15.5. The summed E-state index contributed by atoms with van der Waals surface area (Å²) in [5.41, 5.74) is 8.39. The van der Waals surface area contributed by atoms with Crippen LogP contribution in [-0.2, 0) is 11.2 Å². The number of rotatable bonds is 2. The number of carbonyl (C=O) groups excluding carboxylic acids is 1. The second-order valence-corrected chi connectivity index (χ2v) is 6.70. The van der Waals surface area contributed by atoms with Crippen LogP contribution in [0.25, 0.3) is 0 Å². The van der Waals surface area contributed by atoms with E-state index in [0.29, 0.717) is 16.4 Å². The van der Waals surface area contributed by atoms with Crippen LogP contribution < -0.4 is 10.6 Å². The van der Waals surface area contributed by atoms with Crippen molar-refractivity contribution < 1.29 is 4.79 Å². The Bertz CT molecular complexity index is 679. The number of hydrogen-bond donors (Lipinski definition) is 1. The van der Waals surface area contributed by atoms with E-state index in [1.165, 1.54) is 10.5 Å². The summed E-state index contributed by atoms with van der Waals surface area (Å²) >= 11 is 7.61. The molecule has 21 heavy (non-hydrogen) atoms. The minimum absolute atomic E-state index is 0.0465. The number of hydrogen-bond acceptors (Lipinski definition) is 3. The van der Waals surface area contributed by atoms with Crippen molar-refractivity contribution in [2.75, 3.05) is 17.7 Å². The number of fused-ring (bicyclic) bond motifs is 1. The zero-order valence-corrected chi connectivity index (χ0v) is 13.1. The largest absolute Gasteiger partial charge is 0.397 e. The quantitative estimate of drug-likeness (QED) is 0.861. The molecular formula is C16H15ClN2OS. The Morgan fingerprint density at radius 2 is 2.10 bits per heavy atom. The highest BCUT2D eigenvalue weighted by atomic mass is 35.5. The number of nitrogens with zero attached hydrogens (tertiary/aromatic N) is 1. The van der Waals surface area contributed by atoms with E-state index in [1.54, 1.807) is 41.9 Å². The Labute approximate surface area is 133 Å². The maximum Gasteiger partial charge on any atom is 0.240 e. The molecule has 0 fully saturated rings. The van der Waals surface area contributed by atoms with Gasteiger partial charge in [-0.1, -0.05) is 29.8 Å². The predicted molar refractivity (Wildman–Crippen MR) is 89.1 cm³/mol. The molecule has 1 atom stereocenters. The minimum Gasteiger partial charge on any atom is -0.397 e. The number of thioether (sulfide) groups is 1. The van der Waals surface area contributed by atoms with E-state index in [0.717, 1.165) is 6.42 Å². The van der Waals surface area contributed by atoms with Crippen molar-refractivity contribution in [1.29, 1.82) is 0 Å². The third-order valence-electron chi connectivity index (χ3n) is 3.61. The number of anilines is 2. The number of halogens is 1. The molecule has 5 heteroatoms. The fourth-order valence-corrected chi connectivity index (χ4v) is 3.92. The van der Waals surface area contributed by atoms with Crippen molar-refractivity contribution in [3.8, 4) is 0 Å². The second kappa shape index (κ2) is 5.62. The molecular weight excluding hydrogens is 304 g/mol. The molecule has 0 aliphatic carbocycles. The Kier molecular flexibility index (Phi) is 3.83. The fraction of sp³-hybridized carbons (Fsp3) is 0.188. The van der Waals surface area contributed by atoms with Gasteiger partial charge in [-0.15, -0.1) is 11.8 Å². The zero-order valence-electron chi connectivity index (χ0n) is 11.5. The average Bonchev–Trinajstić information content (AvgIpc) is 2.92. The molecule has 3 nitrogen and oxygen atoms in total. The highest BCUT2D eigenvalue weighted by Crippen LogP contribution is 2.38. The third-order valence-corrected chi connectivity index (χ3v) is 5.15. The molecule has 0 radical (unpaired) electrons. The molecule has 2 aromatic rings. The van der Waals surface area contributed by atoms with Gasteiger partial charge in [0.05, 0.1) is 16.6 Å². The molecule has 1 aliphatic heterocycles. The van der Waals surface area contributed by atoms with Crippen LogP contribution in [0.2, 0.25) is 5.02 Å². The SMILES string of the molecule is CN(C(=O)C1Cc2ccccc2S1)c1cc(Cl)ccc1N. The second-order valence-electron chi connectivity index (χ2n) is 5.02. The predicted octanol–water partition coefficient (Wildman–Crippen LogP) is 3.60. The highest BCUT2D eigenvalue weighted by Gasteiger charge is 2.31. The van der Waals surface area contributed by atoms with Crippen LogP contribution in [0.4, 0.5) is 11.4 Å². The van der Waals surface area contributed by atoms with E-state index >= 15 is 0 Å². The van der Waals surface area contributed by atoms with Gasteiger partial charge >= 0.3 is 0 Å². The van der Waals surface area contributed by atoms with Crippen LogP contribution in [0.1, 0.15) is 5.56 Å². The number of carbonyl (C=O) groups is 1. The van der Waals surface area contributed by atoms with E-state index in [4.69, 9.17) is 17.3 Å². The van der Waals surface area contributed by atoms with E-state index in [1.807, 2.05) is 12.1 Å². The number of amides is 1. The lowest BCUT2D eigenvalue weighted by Crippen LogP contribution is -2.35. The summed E-state index contributed by atoms with van der Waals surface area (Å²) in [5, 5.41) is 0.465. The van der Waals surface area contributed by atoms with Crippen molar-refractivity contribution in [2.24, 2.45) is 0 Å². The summed E-state index contributed by atoms with van der Waals surface area (Å²) in [5.74, 6) is 0.0465. The Balaban J connectivity index is 1.82. The summed E-state index contributed by atoms with van der Waals surface area (Å²) < 4.78 is 0. The van der Waals surface area contributed by atoms with Gasteiger partial charge in [-0.3, -0.25) is 4.79 Å². The van der Waals surface area contributed by atoms with E-state index in [2.05, 4.69) is 12.1 Å². The molecule has 1 amide bonds. The molecule has 0 saturated heterocycles. The van der Waals surface area contributed by atoms with Gasteiger partial charge < -0.3 is 10.6 Å². The smallest absolute Gasteiger partial charge is 0.240 e. The number of nitrogens with two attached hydrogens (primary N) is 1. The van der Waals surface area contributed by atoms with E-state index in [9.17, 15) is 4.79 Å². The number of nitrogen functional groups attached to an aromatic ring is 1. The molecule has 108 valence electrons. The van der Waals surface area contributed by atoms with Gasteiger partial charge in [-0.05, 0) is 36.2 Å². The first-order valence-electron chi connectivity index (χ1n) is 6.63. The molecule has 0 spiro atoms. The lowest BCUT2D eigenvalue weighted by atomic mass is 10.1. The molecule has 2 aromatic carbocycles. The number of benzene rings is 2. The van der Waals surface area contributed by atoms with Gasteiger partial charge in [0.2, 0.25) is 5.91 Å². The third kappa shape index (κ3) is 2.74. The van der Waals surface area contributed by atoms with Crippen molar-refractivity contribution >= 4 is 40.6 Å². The molecule has 1 unspecified atom stereocenters. The molecule has 1 heterocycles. The topological polar surface area (TPSA) is 46.3 Å². The van der Waals surface area contributed by atoms with Crippen molar-refractivity contribution in [3.05, 3.63) is 53.1 Å². The first-order valence-corrected chi connectivity index (χ1v) is 7.89. The summed E-state index contributed by atoms with van der Waals surface area (Å²) in [6.45, 7) is 0. The normalized spacial score (nSPS) is 16.6. The van der Waals surface area contributed by atoms with Crippen molar-refractivity contribution in [1.82, 2.24) is 0 Å². The average molecular weight is 319 g/mol. The molecule has 2 N–H and O–H groups in total.